The van der Waals surface area contributed by atoms with Gasteiger partial charge < -0.3 is 4.52 Å². The van der Waals surface area contributed by atoms with Crippen LogP contribution in [0.25, 0.3) is 32.2 Å². The highest BCUT2D eigenvalue weighted by Crippen LogP contribution is 2.32. The number of nitrogens with zero attached hydrogens (tertiary/aromatic N) is 4. The maximum atomic E-state index is 13.1. The van der Waals surface area contributed by atoms with E-state index >= 15 is 0 Å². The van der Waals surface area contributed by atoms with E-state index in [1.54, 1.807) is 24.3 Å². The molecule has 0 atom stereocenters. The molecular weight excluding hydrogens is 418 g/mol. The Bertz CT molecular complexity index is 1370. The molecule has 0 aliphatic heterocycles. The highest BCUT2D eigenvalue weighted by molar-refractivity contribution is 7.18. The van der Waals surface area contributed by atoms with Crippen LogP contribution in [0.1, 0.15) is 20.9 Å². The van der Waals surface area contributed by atoms with Crippen molar-refractivity contribution in [3.63, 3.8) is 0 Å². The van der Waals surface area contributed by atoms with E-state index in [-0.39, 0.29) is 5.91 Å². The maximum Gasteiger partial charge on any atom is 0.259 e. The SMILES string of the molecule is Cc1ccc(-c2cc(C(=O)Nc3nnc(-c4ccccc4)s3)c3c(C)noc3n2)s1. The third kappa shape index (κ3) is 3.38. The van der Waals surface area contributed by atoms with E-state index in [1.807, 2.05) is 49.4 Å². The van der Waals surface area contributed by atoms with E-state index in [2.05, 4.69) is 25.7 Å². The number of aromatic nitrogens is 4. The molecule has 5 aromatic rings. The number of thiophene rings is 1. The van der Waals surface area contributed by atoms with Crippen molar-refractivity contribution >= 4 is 44.8 Å². The first-order chi connectivity index (χ1) is 14.6. The second-order valence-corrected chi connectivity index (χ2v) is 8.91. The lowest BCUT2D eigenvalue weighted by molar-refractivity contribution is 0.102. The number of carbonyl (C=O) groups is 1. The van der Waals surface area contributed by atoms with Gasteiger partial charge >= 0.3 is 0 Å². The van der Waals surface area contributed by atoms with Crippen LogP contribution >= 0.6 is 22.7 Å². The van der Waals surface area contributed by atoms with Crippen LogP contribution in [0.5, 0.6) is 0 Å². The van der Waals surface area contributed by atoms with Crippen molar-refractivity contribution in [3.8, 4) is 21.1 Å². The van der Waals surface area contributed by atoms with E-state index in [4.69, 9.17) is 4.52 Å². The molecule has 4 heterocycles. The van der Waals surface area contributed by atoms with E-state index < -0.39 is 0 Å². The minimum Gasteiger partial charge on any atom is -0.335 e. The summed E-state index contributed by atoms with van der Waals surface area (Å²) in [5.74, 6) is -0.306. The van der Waals surface area contributed by atoms with Gasteiger partial charge in [0.15, 0.2) is 0 Å². The molecule has 0 unspecified atom stereocenters. The van der Waals surface area contributed by atoms with Crippen LogP contribution in [-0.4, -0.2) is 26.2 Å². The Morgan fingerprint density at radius 3 is 2.63 bits per heavy atom. The van der Waals surface area contributed by atoms with Crippen molar-refractivity contribution in [2.45, 2.75) is 13.8 Å². The van der Waals surface area contributed by atoms with Gasteiger partial charge in [-0.2, -0.15) is 0 Å². The lowest BCUT2D eigenvalue weighted by Crippen LogP contribution is -2.13. The summed E-state index contributed by atoms with van der Waals surface area (Å²) >= 11 is 2.92. The highest BCUT2D eigenvalue weighted by atomic mass is 32.1. The monoisotopic (exact) mass is 433 g/mol. The molecule has 1 aromatic carbocycles. The van der Waals surface area contributed by atoms with Gasteiger partial charge in [-0.05, 0) is 32.0 Å². The topological polar surface area (TPSA) is 93.8 Å². The van der Waals surface area contributed by atoms with Crippen LogP contribution in [0.4, 0.5) is 5.13 Å². The fourth-order valence-corrected chi connectivity index (χ4v) is 4.68. The quantitative estimate of drug-likeness (QED) is 0.411. The normalized spacial score (nSPS) is 11.1. The van der Waals surface area contributed by atoms with Crippen molar-refractivity contribution < 1.29 is 9.32 Å². The lowest BCUT2D eigenvalue weighted by atomic mass is 10.1. The van der Waals surface area contributed by atoms with Crippen LogP contribution < -0.4 is 5.32 Å². The zero-order valence-corrected chi connectivity index (χ0v) is 17.7. The molecule has 7 nitrogen and oxygen atoms in total. The Labute approximate surface area is 179 Å². The van der Waals surface area contributed by atoms with Gasteiger partial charge in [-0.1, -0.05) is 46.8 Å². The first kappa shape index (κ1) is 18.6. The number of anilines is 1. The van der Waals surface area contributed by atoms with E-state index in [0.717, 1.165) is 20.3 Å². The fraction of sp³-hybridized carbons (Fsp3) is 0.0952. The van der Waals surface area contributed by atoms with E-state index in [0.29, 0.717) is 33.2 Å². The first-order valence-electron chi connectivity index (χ1n) is 9.12. The van der Waals surface area contributed by atoms with Crippen molar-refractivity contribution in [1.82, 2.24) is 20.3 Å². The van der Waals surface area contributed by atoms with Gasteiger partial charge in [-0.25, -0.2) is 4.98 Å². The van der Waals surface area contributed by atoms with Gasteiger partial charge in [-0.3, -0.25) is 10.1 Å². The summed E-state index contributed by atoms with van der Waals surface area (Å²) in [6, 6.07) is 15.5. The molecular formula is C21H15N5O2S2. The molecule has 1 amide bonds. The summed E-state index contributed by atoms with van der Waals surface area (Å²) in [6.07, 6.45) is 0. The Morgan fingerprint density at radius 2 is 1.87 bits per heavy atom. The predicted molar refractivity (Wildman–Crippen MR) is 118 cm³/mol. The molecule has 30 heavy (non-hydrogen) atoms. The molecule has 0 aliphatic carbocycles. The largest absolute Gasteiger partial charge is 0.335 e. The molecule has 0 bridgehead atoms. The second kappa shape index (κ2) is 7.43. The van der Waals surface area contributed by atoms with Crippen LogP contribution in [0.15, 0.2) is 53.1 Å². The molecule has 5 rings (SSSR count). The van der Waals surface area contributed by atoms with Crippen molar-refractivity contribution in [2.75, 3.05) is 5.32 Å². The standard InChI is InChI=1S/C21H15N5O2S2/c1-11-8-9-16(29-11)15-10-14(17-12(2)26-28-19(17)22-15)18(27)23-21-25-24-20(30-21)13-6-4-3-5-7-13/h3-10H,1-2H3,(H,23,25,27). The number of carbonyl (C=O) groups excluding carboxylic acids is 1. The van der Waals surface area contributed by atoms with Crippen LogP contribution in [0.3, 0.4) is 0 Å². The molecule has 9 heteroatoms. The zero-order valence-electron chi connectivity index (χ0n) is 16.0. The molecule has 0 radical (unpaired) electrons. The number of pyridine rings is 1. The van der Waals surface area contributed by atoms with Gasteiger partial charge in [0.25, 0.3) is 11.6 Å². The summed E-state index contributed by atoms with van der Waals surface area (Å²) < 4.78 is 5.36. The second-order valence-electron chi connectivity index (χ2n) is 6.65. The third-order valence-corrected chi connectivity index (χ3v) is 6.43. The number of benzene rings is 1. The maximum absolute atomic E-state index is 13.1. The minimum atomic E-state index is -0.306. The highest BCUT2D eigenvalue weighted by Gasteiger charge is 2.21. The van der Waals surface area contributed by atoms with Gasteiger partial charge in [0, 0.05) is 10.4 Å². The first-order valence-corrected chi connectivity index (χ1v) is 10.8. The minimum absolute atomic E-state index is 0.306. The van der Waals surface area contributed by atoms with E-state index in [1.165, 1.54) is 11.3 Å². The molecule has 148 valence electrons. The number of rotatable bonds is 4. The Kier molecular flexibility index (Phi) is 4.61. The summed E-state index contributed by atoms with van der Waals surface area (Å²) in [4.78, 5) is 19.8. The summed E-state index contributed by atoms with van der Waals surface area (Å²) in [6.45, 7) is 3.82. The molecule has 0 fully saturated rings. The average molecular weight is 434 g/mol. The fourth-order valence-electron chi connectivity index (χ4n) is 3.11. The molecule has 0 spiro atoms. The molecule has 0 saturated carbocycles. The lowest BCUT2D eigenvalue weighted by Gasteiger charge is -2.05. The summed E-state index contributed by atoms with van der Waals surface area (Å²) in [5, 5.41) is 16.9. The van der Waals surface area contributed by atoms with Crippen molar-refractivity contribution in [2.24, 2.45) is 0 Å². The number of hydrogen-bond acceptors (Lipinski definition) is 8. The number of aryl methyl sites for hydroxylation is 2. The van der Waals surface area contributed by atoms with Gasteiger partial charge in [0.2, 0.25) is 5.13 Å². The zero-order chi connectivity index (χ0) is 20.7. The number of fused-ring (bicyclic) bond motifs is 1. The van der Waals surface area contributed by atoms with E-state index in [9.17, 15) is 4.79 Å². The predicted octanol–water partition coefficient (Wildman–Crippen LogP) is 5.34. The van der Waals surface area contributed by atoms with Crippen molar-refractivity contribution in [1.29, 1.82) is 0 Å². The number of amides is 1. The summed E-state index contributed by atoms with van der Waals surface area (Å²) in [5.41, 5.74) is 3.01. The number of hydrogen-bond donors (Lipinski definition) is 1. The van der Waals surface area contributed by atoms with Gasteiger partial charge in [0.1, 0.15) is 5.01 Å². The molecule has 0 saturated heterocycles. The smallest absolute Gasteiger partial charge is 0.259 e. The molecule has 4 aromatic heterocycles. The van der Waals surface area contributed by atoms with Crippen LogP contribution in [0, 0.1) is 13.8 Å². The van der Waals surface area contributed by atoms with Crippen molar-refractivity contribution in [3.05, 3.63) is 64.7 Å². The Balaban J connectivity index is 1.51. The third-order valence-electron chi connectivity index (χ3n) is 4.52. The van der Waals surface area contributed by atoms with Gasteiger partial charge in [-0.15, -0.1) is 21.5 Å². The average Bonchev–Trinajstić information content (AvgIpc) is 3.49. The van der Waals surface area contributed by atoms with Gasteiger partial charge in [0.05, 0.1) is 27.2 Å². The Hall–Kier alpha value is -3.43. The summed E-state index contributed by atoms with van der Waals surface area (Å²) in [7, 11) is 0. The number of nitrogens with one attached hydrogen (secondary N) is 1. The van der Waals surface area contributed by atoms with Crippen LogP contribution in [-0.2, 0) is 0 Å². The Morgan fingerprint density at radius 1 is 1.03 bits per heavy atom. The van der Waals surface area contributed by atoms with Crippen LogP contribution in [0.2, 0.25) is 0 Å². The molecule has 1 N–H and O–H groups in total. The molecule has 0 aliphatic rings.